The number of nitrogens with one attached hydrogen (secondary N) is 1. The molecule has 2 aliphatic rings. The molecule has 0 bridgehead atoms. The number of nitrogen functional groups attached to an aromatic ring is 1. The summed E-state index contributed by atoms with van der Waals surface area (Å²) in [6, 6.07) is 13.9. The van der Waals surface area contributed by atoms with Crippen LogP contribution in [0, 0.1) is 5.41 Å². The Hall–Kier alpha value is -2.57. The van der Waals surface area contributed by atoms with E-state index in [1.807, 2.05) is 17.0 Å². The van der Waals surface area contributed by atoms with Gasteiger partial charge < -0.3 is 15.4 Å². The topological polar surface area (TPSA) is 82.7 Å². The van der Waals surface area contributed by atoms with Gasteiger partial charge in [-0.2, -0.15) is 0 Å². The lowest BCUT2D eigenvalue weighted by molar-refractivity contribution is -0.126. The number of carbonyl (C=O) groups excluding carboxylic acids is 1. The van der Waals surface area contributed by atoms with Gasteiger partial charge >= 0.3 is 0 Å². The summed E-state index contributed by atoms with van der Waals surface area (Å²) in [4.78, 5) is 18.0. The van der Waals surface area contributed by atoms with Crippen LogP contribution in [-0.4, -0.2) is 41.8 Å². The maximum atomic E-state index is 13.5. The molecule has 2 aromatic carbocycles. The molecule has 0 aliphatic carbocycles. The molecule has 34 heavy (non-hydrogen) atoms. The van der Waals surface area contributed by atoms with E-state index in [1.54, 1.807) is 30.3 Å². The Bertz CT molecular complexity index is 1030. The Morgan fingerprint density at radius 3 is 2.56 bits per heavy atom. The number of amides is 1. The number of piperidine rings is 1. The number of halogens is 1. The van der Waals surface area contributed by atoms with Crippen LogP contribution in [0.1, 0.15) is 69.6 Å². The third-order valence-electron chi connectivity index (χ3n) is 7.12. The zero-order valence-corrected chi connectivity index (χ0v) is 20.9. The van der Waals surface area contributed by atoms with Crippen LogP contribution in [0.4, 0.5) is 5.69 Å². The molecule has 4 rings (SSSR count). The molecule has 1 unspecified atom stereocenters. The zero-order valence-electron chi connectivity index (χ0n) is 20.1. The quantitative estimate of drug-likeness (QED) is 0.294. The highest BCUT2D eigenvalue weighted by Gasteiger charge is 2.35. The minimum atomic E-state index is -0.775. The van der Waals surface area contributed by atoms with Gasteiger partial charge in [0.25, 0.3) is 5.91 Å². The van der Waals surface area contributed by atoms with E-state index in [2.05, 4.69) is 18.7 Å². The summed E-state index contributed by atoms with van der Waals surface area (Å²) in [6.07, 6.45) is 6.22. The van der Waals surface area contributed by atoms with Gasteiger partial charge in [0.05, 0.1) is 5.69 Å². The van der Waals surface area contributed by atoms with E-state index in [0.717, 1.165) is 31.5 Å². The monoisotopic (exact) mass is 482 g/mol. The number of nitrogens with zero attached hydrogens (tertiary/aromatic N) is 2. The Labute approximate surface area is 207 Å². The summed E-state index contributed by atoms with van der Waals surface area (Å²) in [7, 11) is 0. The molecule has 2 aliphatic heterocycles. The predicted molar refractivity (Wildman–Crippen MR) is 138 cm³/mol. The van der Waals surface area contributed by atoms with Crippen molar-refractivity contribution in [3.8, 4) is 5.75 Å². The Kier molecular flexibility index (Phi) is 7.79. The van der Waals surface area contributed by atoms with Crippen LogP contribution in [0.5, 0.6) is 5.75 Å². The first kappa shape index (κ1) is 24.6. The molecule has 1 amide bonds. The molecule has 0 saturated carbocycles. The first-order valence-corrected chi connectivity index (χ1v) is 12.7. The van der Waals surface area contributed by atoms with Crippen molar-refractivity contribution in [2.24, 2.45) is 5.73 Å². The Morgan fingerprint density at radius 2 is 1.82 bits per heavy atom. The van der Waals surface area contributed by atoms with E-state index in [4.69, 9.17) is 27.5 Å². The second-order valence-electron chi connectivity index (χ2n) is 9.57. The van der Waals surface area contributed by atoms with E-state index >= 15 is 0 Å². The predicted octanol–water partition coefficient (Wildman–Crippen LogP) is 5.52. The molecular weight excluding hydrogens is 448 g/mol. The smallest absolute Gasteiger partial charge is 0.272 e. The van der Waals surface area contributed by atoms with Gasteiger partial charge in [0.1, 0.15) is 11.6 Å². The van der Waals surface area contributed by atoms with Crippen LogP contribution in [-0.2, 0) is 4.79 Å². The molecular formula is C27H35ClN4O2. The number of fused-ring (bicyclic) bond motifs is 1. The fraction of sp³-hybridized carbons (Fsp3) is 0.481. The second kappa shape index (κ2) is 10.8. The fourth-order valence-electron chi connectivity index (χ4n) is 5.21. The van der Waals surface area contributed by atoms with Crippen LogP contribution in [0.2, 0.25) is 5.02 Å². The van der Waals surface area contributed by atoms with Crippen LogP contribution in [0.15, 0.2) is 42.5 Å². The van der Waals surface area contributed by atoms with Gasteiger partial charge in [-0.1, -0.05) is 42.6 Å². The van der Waals surface area contributed by atoms with Crippen molar-refractivity contribution in [3.63, 3.8) is 0 Å². The SMILES string of the molecule is C[C@@H]1CCC[C@H](C)N1CCCCCN1C(=O)C(c2cccc(C(=N)N)c2)Oc2ccc(Cl)cc21. The summed E-state index contributed by atoms with van der Waals surface area (Å²) < 4.78 is 6.11. The maximum Gasteiger partial charge on any atom is 0.272 e. The standard InChI is InChI=1S/C27H35ClN4O2/c1-18-8-6-9-19(2)31(18)14-4-3-5-15-32-23-17-22(28)12-13-24(23)34-25(27(32)33)20-10-7-11-21(16-20)26(29)30/h7,10-13,16-19,25H,3-6,8-9,14-15H2,1-2H3,(H3,29,30)/t18-,19+,25?. The first-order chi connectivity index (χ1) is 16.3. The third-order valence-corrected chi connectivity index (χ3v) is 7.36. The lowest BCUT2D eigenvalue weighted by atomic mass is 9.97. The summed E-state index contributed by atoms with van der Waals surface area (Å²) in [6.45, 7) is 6.40. The van der Waals surface area contributed by atoms with Gasteiger partial charge in [-0.25, -0.2) is 0 Å². The van der Waals surface area contributed by atoms with E-state index in [-0.39, 0.29) is 11.7 Å². The number of benzene rings is 2. The molecule has 2 aromatic rings. The average molecular weight is 483 g/mol. The van der Waals surface area contributed by atoms with Gasteiger partial charge in [-0.05, 0) is 70.3 Å². The molecule has 1 saturated heterocycles. The number of hydrogen-bond donors (Lipinski definition) is 2. The average Bonchev–Trinajstić information content (AvgIpc) is 2.81. The highest BCUT2D eigenvalue weighted by Crippen LogP contribution is 2.40. The van der Waals surface area contributed by atoms with Crippen molar-refractivity contribution in [2.75, 3.05) is 18.0 Å². The number of ether oxygens (including phenoxy) is 1. The van der Waals surface area contributed by atoms with E-state index in [9.17, 15) is 4.79 Å². The van der Waals surface area contributed by atoms with Gasteiger partial charge in [0, 0.05) is 34.8 Å². The van der Waals surface area contributed by atoms with Gasteiger partial charge in [-0.3, -0.25) is 15.1 Å². The number of amidine groups is 1. The first-order valence-electron chi connectivity index (χ1n) is 12.3. The largest absolute Gasteiger partial charge is 0.474 e. The van der Waals surface area contributed by atoms with E-state index in [0.29, 0.717) is 40.5 Å². The number of carbonyl (C=O) groups is 1. The van der Waals surface area contributed by atoms with Crippen molar-refractivity contribution in [2.45, 2.75) is 70.6 Å². The van der Waals surface area contributed by atoms with Crippen molar-refractivity contribution >= 4 is 29.0 Å². The summed E-state index contributed by atoms with van der Waals surface area (Å²) in [5.41, 5.74) is 7.64. The number of anilines is 1. The number of nitrogens with two attached hydrogens (primary N) is 1. The molecule has 0 spiro atoms. The molecule has 6 nitrogen and oxygen atoms in total. The van der Waals surface area contributed by atoms with Crippen molar-refractivity contribution in [1.29, 1.82) is 5.41 Å². The Morgan fingerprint density at radius 1 is 1.09 bits per heavy atom. The molecule has 0 radical (unpaired) electrons. The van der Waals surface area contributed by atoms with Crippen LogP contribution < -0.4 is 15.4 Å². The lowest BCUT2D eigenvalue weighted by Crippen LogP contribution is -2.44. The third kappa shape index (κ3) is 5.39. The fourth-order valence-corrected chi connectivity index (χ4v) is 5.37. The summed E-state index contributed by atoms with van der Waals surface area (Å²) in [5.74, 6) is 0.485. The lowest BCUT2D eigenvalue weighted by Gasteiger charge is -2.39. The maximum absolute atomic E-state index is 13.5. The highest BCUT2D eigenvalue weighted by molar-refractivity contribution is 6.31. The number of unbranched alkanes of at least 4 members (excludes halogenated alkanes) is 2. The van der Waals surface area contributed by atoms with Crippen LogP contribution >= 0.6 is 11.6 Å². The number of hydrogen-bond acceptors (Lipinski definition) is 4. The molecule has 3 N–H and O–H groups in total. The van der Waals surface area contributed by atoms with Crippen molar-refractivity contribution in [3.05, 3.63) is 58.6 Å². The minimum Gasteiger partial charge on any atom is -0.474 e. The van der Waals surface area contributed by atoms with E-state index in [1.165, 1.54) is 19.3 Å². The molecule has 3 atom stereocenters. The molecule has 2 heterocycles. The summed E-state index contributed by atoms with van der Waals surface area (Å²) >= 11 is 6.26. The molecule has 182 valence electrons. The Balaban J connectivity index is 1.45. The second-order valence-corrected chi connectivity index (χ2v) is 10.0. The van der Waals surface area contributed by atoms with Crippen molar-refractivity contribution < 1.29 is 9.53 Å². The van der Waals surface area contributed by atoms with Crippen LogP contribution in [0.25, 0.3) is 0 Å². The zero-order chi connectivity index (χ0) is 24.2. The number of rotatable bonds is 8. The molecule has 0 aromatic heterocycles. The normalized spacial score (nSPS) is 22.9. The molecule has 7 heteroatoms. The minimum absolute atomic E-state index is 0.0357. The van der Waals surface area contributed by atoms with Gasteiger partial charge in [0.2, 0.25) is 6.10 Å². The van der Waals surface area contributed by atoms with Crippen molar-refractivity contribution in [1.82, 2.24) is 4.90 Å². The summed E-state index contributed by atoms with van der Waals surface area (Å²) in [5, 5.41) is 8.30. The highest BCUT2D eigenvalue weighted by atomic mass is 35.5. The van der Waals surface area contributed by atoms with E-state index < -0.39 is 6.10 Å². The van der Waals surface area contributed by atoms with Gasteiger partial charge in [-0.15, -0.1) is 0 Å². The molecule has 1 fully saturated rings. The number of likely N-dealkylation sites (tertiary alicyclic amines) is 1. The van der Waals surface area contributed by atoms with Crippen LogP contribution in [0.3, 0.4) is 0 Å². The van der Waals surface area contributed by atoms with Gasteiger partial charge in [0.15, 0.2) is 0 Å².